The van der Waals surface area contributed by atoms with E-state index in [-0.39, 0.29) is 12.5 Å². The highest BCUT2D eigenvalue weighted by atomic mass is 35.5. The Morgan fingerprint density at radius 2 is 1.86 bits per heavy atom. The number of rotatable bonds is 5. The zero-order valence-electron chi connectivity index (χ0n) is 16.0. The highest BCUT2D eigenvalue weighted by Gasteiger charge is 2.19. The van der Waals surface area contributed by atoms with Crippen LogP contribution in [0.25, 0.3) is 10.9 Å². The van der Waals surface area contributed by atoms with Gasteiger partial charge in [-0.1, -0.05) is 41.9 Å². The number of aryl methyl sites for hydroxylation is 2. The first kappa shape index (κ1) is 19.8. The molecule has 1 amide bonds. The summed E-state index contributed by atoms with van der Waals surface area (Å²) >= 11 is 6.28. The van der Waals surface area contributed by atoms with Crippen LogP contribution in [0.15, 0.2) is 48.5 Å². The molecule has 0 saturated heterocycles. The fourth-order valence-corrected chi connectivity index (χ4v) is 3.00. The van der Waals surface area contributed by atoms with Crippen LogP contribution in [0, 0.1) is 13.8 Å². The van der Waals surface area contributed by atoms with Crippen molar-refractivity contribution in [3.05, 3.63) is 75.9 Å². The minimum atomic E-state index is -0.787. The van der Waals surface area contributed by atoms with E-state index in [2.05, 4.69) is 10.3 Å². The molecule has 3 aromatic rings. The maximum atomic E-state index is 12.3. The Balaban J connectivity index is 1.66. The molecule has 0 radical (unpaired) electrons. The van der Waals surface area contributed by atoms with Gasteiger partial charge in [-0.15, -0.1) is 0 Å². The summed E-state index contributed by atoms with van der Waals surface area (Å²) in [7, 11) is 0. The molecule has 0 fully saturated rings. The third kappa shape index (κ3) is 4.31. The molecule has 6 heteroatoms. The molecular weight excluding hydrogens is 376 g/mol. The van der Waals surface area contributed by atoms with Gasteiger partial charge in [0.1, 0.15) is 17.8 Å². The average Bonchev–Trinajstić information content (AvgIpc) is 2.70. The number of benzene rings is 2. The smallest absolute Gasteiger partial charge is 0.328 e. The molecule has 0 spiro atoms. The zero-order valence-corrected chi connectivity index (χ0v) is 16.7. The van der Waals surface area contributed by atoms with Crippen LogP contribution in [0.1, 0.15) is 34.0 Å². The maximum Gasteiger partial charge on any atom is 0.328 e. The Labute approximate surface area is 168 Å². The predicted octanol–water partition coefficient (Wildman–Crippen LogP) is 4.37. The maximum absolute atomic E-state index is 12.3. The van der Waals surface area contributed by atoms with Gasteiger partial charge < -0.3 is 10.1 Å². The van der Waals surface area contributed by atoms with Crippen LogP contribution < -0.4 is 5.32 Å². The van der Waals surface area contributed by atoms with Gasteiger partial charge in [-0.25, -0.2) is 9.78 Å². The lowest BCUT2D eigenvalue weighted by atomic mass is 10.0. The summed E-state index contributed by atoms with van der Waals surface area (Å²) in [5.41, 5.74) is 4.14. The molecule has 0 aliphatic carbocycles. The van der Waals surface area contributed by atoms with Crippen LogP contribution in [0.2, 0.25) is 5.15 Å². The van der Waals surface area contributed by atoms with Gasteiger partial charge in [-0.2, -0.15) is 0 Å². The van der Waals surface area contributed by atoms with Gasteiger partial charge in [0.25, 0.3) is 5.91 Å². The molecule has 28 heavy (non-hydrogen) atoms. The molecule has 5 nitrogen and oxygen atoms in total. The lowest BCUT2D eigenvalue weighted by Crippen LogP contribution is -2.39. The van der Waals surface area contributed by atoms with Crippen molar-refractivity contribution in [3.63, 3.8) is 0 Å². The number of nitrogens with zero attached hydrogens (tertiary/aromatic N) is 1. The molecule has 3 rings (SSSR count). The van der Waals surface area contributed by atoms with Crippen molar-refractivity contribution < 1.29 is 14.3 Å². The second-order valence-corrected chi connectivity index (χ2v) is 7.04. The number of fused-ring (bicyclic) bond motifs is 1. The van der Waals surface area contributed by atoms with Crippen LogP contribution in [-0.4, -0.2) is 22.9 Å². The van der Waals surface area contributed by atoms with Crippen molar-refractivity contribution in [3.8, 4) is 0 Å². The number of carbonyl (C=O) groups is 2. The normalized spacial score (nSPS) is 11.9. The topological polar surface area (TPSA) is 68.3 Å². The second-order valence-electron chi connectivity index (χ2n) is 6.69. The summed E-state index contributed by atoms with van der Waals surface area (Å²) in [6, 6.07) is 13.8. The van der Waals surface area contributed by atoms with Crippen molar-refractivity contribution in [2.24, 2.45) is 0 Å². The number of ether oxygens (including phenoxy) is 1. The molecule has 0 aliphatic rings. The molecule has 2 aromatic carbocycles. The standard InChI is InChI=1S/C22H21ClN2O3/c1-13-9-10-17-11-18(20(23)25-19(17)14(13)2)12-28-22(27)15(3)24-21(26)16-7-5-4-6-8-16/h4-11,15H,12H2,1-3H3,(H,24,26)/t15-/m0/s1. The summed E-state index contributed by atoms with van der Waals surface area (Å²) in [6.07, 6.45) is 0. The monoisotopic (exact) mass is 396 g/mol. The third-order valence-corrected chi connectivity index (χ3v) is 4.97. The van der Waals surface area contributed by atoms with E-state index < -0.39 is 12.0 Å². The summed E-state index contributed by atoms with van der Waals surface area (Å²) in [4.78, 5) is 28.9. The van der Waals surface area contributed by atoms with Crippen molar-refractivity contribution in [1.29, 1.82) is 0 Å². The van der Waals surface area contributed by atoms with Crippen molar-refractivity contribution in [2.45, 2.75) is 33.4 Å². The average molecular weight is 397 g/mol. The molecule has 0 saturated carbocycles. The highest BCUT2D eigenvalue weighted by molar-refractivity contribution is 6.30. The number of nitrogens with one attached hydrogen (secondary N) is 1. The van der Waals surface area contributed by atoms with Crippen LogP contribution in [0.4, 0.5) is 0 Å². The lowest BCUT2D eigenvalue weighted by molar-refractivity contribution is -0.146. The van der Waals surface area contributed by atoms with E-state index in [9.17, 15) is 9.59 Å². The summed E-state index contributed by atoms with van der Waals surface area (Å²) in [5, 5.41) is 3.86. The fourth-order valence-electron chi connectivity index (χ4n) is 2.81. The largest absolute Gasteiger partial charge is 0.459 e. The fraction of sp³-hybridized carbons (Fsp3) is 0.227. The van der Waals surface area contributed by atoms with Gasteiger partial charge in [0.2, 0.25) is 0 Å². The first-order valence-electron chi connectivity index (χ1n) is 8.94. The van der Waals surface area contributed by atoms with E-state index in [1.165, 1.54) is 0 Å². The van der Waals surface area contributed by atoms with Crippen LogP contribution >= 0.6 is 11.6 Å². The molecule has 1 aromatic heterocycles. The number of amides is 1. The van der Waals surface area contributed by atoms with E-state index >= 15 is 0 Å². The SMILES string of the molecule is Cc1ccc2cc(COC(=O)[C@H](C)NC(=O)c3ccccc3)c(Cl)nc2c1C. The van der Waals surface area contributed by atoms with E-state index in [0.717, 1.165) is 22.0 Å². The van der Waals surface area contributed by atoms with Gasteiger partial charge in [-0.05, 0) is 50.1 Å². The molecule has 0 unspecified atom stereocenters. The van der Waals surface area contributed by atoms with E-state index in [1.54, 1.807) is 31.2 Å². The Bertz CT molecular complexity index is 1030. The predicted molar refractivity (Wildman–Crippen MR) is 109 cm³/mol. The summed E-state index contributed by atoms with van der Waals surface area (Å²) in [6.45, 7) is 5.58. The van der Waals surface area contributed by atoms with Crippen molar-refractivity contribution >= 4 is 34.4 Å². The van der Waals surface area contributed by atoms with Gasteiger partial charge in [-0.3, -0.25) is 4.79 Å². The van der Waals surface area contributed by atoms with Gasteiger partial charge >= 0.3 is 5.97 Å². The van der Waals surface area contributed by atoms with E-state index in [1.807, 2.05) is 38.1 Å². The first-order chi connectivity index (χ1) is 13.4. The number of esters is 1. The minimum Gasteiger partial charge on any atom is -0.459 e. The number of aromatic nitrogens is 1. The zero-order chi connectivity index (χ0) is 20.3. The Morgan fingerprint density at radius 3 is 2.57 bits per heavy atom. The molecule has 144 valence electrons. The molecule has 1 heterocycles. The van der Waals surface area contributed by atoms with E-state index in [0.29, 0.717) is 16.3 Å². The number of carbonyl (C=O) groups excluding carboxylic acids is 2. The van der Waals surface area contributed by atoms with Gasteiger partial charge in [0.05, 0.1) is 5.52 Å². The number of hydrogen-bond donors (Lipinski definition) is 1. The Hall–Kier alpha value is -2.92. The number of halogens is 1. The first-order valence-corrected chi connectivity index (χ1v) is 9.32. The third-order valence-electron chi connectivity index (χ3n) is 4.64. The van der Waals surface area contributed by atoms with Gasteiger partial charge in [0, 0.05) is 16.5 Å². The molecule has 0 bridgehead atoms. The molecule has 1 atom stereocenters. The van der Waals surface area contributed by atoms with Crippen LogP contribution in [-0.2, 0) is 16.1 Å². The highest BCUT2D eigenvalue weighted by Crippen LogP contribution is 2.25. The summed E-state index contributed by atoms with van der Waals surface area (Å²) < 4.78 is 5.33. The van der Waals surface area contributed by atoms with Crippen LogP contribution in [0.3, 0.4) is 0 Å². The summed E-state index contributed by atoms with van der Waals surface area (Å²) in [5.74, 6) is -0.873. The Morgan fingerprint density at radius 1 is 1.14 bits per heavy atom. The lowest BCUT2D eigenvalue weighted by Gasteiger charge is -2.14. The molecule has 1 N–H and O–H groups in total. The van der Waals surface area contributed by atoms with Gasteiger partial charge in [0.15, 0.2) is 0 Å². The molecular formula is C22H21ClN2O3. The second kappa shape index (κ2) is 8.40. The quantitative estimate of drug-likeness (QED) is 0.513. The Kier molecular flexibility index (Phi) is 5.95. The number of pyridine rings is 1. The molecule has 0 aliphatic heterocycles. The van der Waals surface area contributed by atoms with Crippen molar-refractivity contribution in [1.82, 2.24) is 10.3 Å². The van der Waals surface area contributed by atoms with Crippen molar-refractivity contribution in [2.75, 3.05) is 0 Å². The number of hydrogen-bond acceptors (Lipinski definition) is 4. The van der Waals surface area contributed by atoms with Crippen LogP contribution in [0.5, 0.6) is 0 Å². The van der Waals surface area contributed by atoms with E-state index in [4.69, 9.17) is 16.3 Å². The minimum absolute atomic E-state index is 0.0148.